The number of fused-ring (bicyclic) bond motifs is 1. The van der Waals surface area contributed by atoms with Gasteiger partial charge in [-0.3, -0.25) is 4.79 Å². The van der Waals surface area contributed by atoms with Gasteiger partial charge in [0, 0.05) is 0 Å². The van der Waals surface area contributed by atoms with E-state index in [-0.39, 0.29) is 11.8 Å². The number of nitrogens with two attached hydrogens (primary N) is 1. The van der Waals surface area contributed by atoms with Crippen LogP contribution in [0.15, 0.2) is 0 Å². The normalized spacial score (nSPS) is 40.1. The molecule has 0 bridgehead atoms. The molecule has 2 aliphatic rings. The second-order valence-electron chi connectivity index (χ2n) is 5.35. The Morgan fingerprint density at radius 3 is 2.73 bits per heavy atom. The Balaban J connectivity index is 2.05. The predicted octanol–water partition coefficient (Wildman–Crippen LogP) is 2.01. The molecular weight excluding hydrogens is 190 g/mol. The van der Waals surface area contributed by atoms with Gasteiger partial charge < -0.3 is 10.8 Å². The molecule has 0 aliphatic heterocycles. The molecule has 2 rings (SSSR count). The Kier molecular flexibility index (Phi) is 3.01. The standard InChI is InChI=1S/C12H21NO2/c13-8-12(7-11(14)15)6-9-4-2-1-3-5-10(9)12/h9-10H,1-8,13H2,(H,14,15)/t9-,10?,12-/m0/s1. The summed E-state index contributed by atoms with van der Waals surface area (Å²) in [5, 5.41) is 8.95. The summed E-state index contributed by atoms with van der Waals surface area (Å²) in [5.74, 6) is 0.694. The minimum Gasteiger partial charge on any atom is -0.481 e. The van der Waals surface area contributed by atoms with Gasteiger partial charge in [-0.15, -0.1) is 0 Å². The zero-order valence-electron chi connectivity index (χ0n) is 9.24. The average molecular weight is 211 g/mol. The second-order valence-corrected chi connectivity index (χ2v) is 5.35. The smallest absolute Gasteiger partial charge is 0.303 e. The van der Waals surface area contributed by atoms with Crippen molar-refractivity contribution in [3.63, 3.8) is 0 Å². The fraction of sp³-hybridized carbons (Fsp3) is 0.917. The molecule has 15 heavy (non-hydrogen) atoms. The molecule has 1 unspecified atom stereocenters. The van der Waals surface area contributed by atoms with Crippen molar-refractivity contribution in [1.82, 2.24) is 0 Å². The largest absolute Gasteiger partial charge is 0.481 e. The maximum absolute atomic E-state index is 10.9. The van der Waals surface area contributed by atoms with E-state index >= 15 is 0 Å². The minimum atomic E-state index is -0.678. The van der Waals surface area contributed by atoms with Gasteiger partial charge in [0.25, 0.3) is 0 Å². The lowest BCUT2D eigenvalue weighted by Crippen LogP contribution is -2.53. The first-order valence-electron chi connectivity index (χ1n) is 6.10. The van der Waals surface area contributed by atoms with Gasteiger partial charge in [0.2, 0.25) is 0 Å². The summed E-state index contributed by atoms with van der Waals surface area (Å²) in [5.41, 5.74) is 5.76. The number of hydrogen-bond donors (Lipinski definition) is 2. The average Bonchev–Trinajstić information content (AvgIpc) is 2.36. The highest BCUT2D eigenvalue weighted by Crippen LogP contribution is 2.57. The van der Waals surface area contributed by atoms with E-state index in [0.717, 1.165) is 12.3 Å². The van der Waals surface area contributed by atoms with Gasteiger partial charge in [0.05, 0.1) is 6.42 Å². The molecule has 0 amide bonds. The maximum Gasteiger partial charge on any atom is 0.303 e. The first kappa shape index (κ1) is 10.9. The number of rotatable bonds is 3. The molecule has 0 aromatic heterocycles. The Labute approximate surface area is 91.0 Å². The topological polar surface area (TPSA) is 63.3 Å². The number of carboxylic acid groups (broad SMARTS) is 1. The molecule has 0 aromatic carbocycles. The van der Waals surface area contributed by atoms with Crippen molar-refractivity contribution in [2.45, 2.75) is 44.9 Å². The minimum absolute atomic E-state index is 0.0547. The molecule has 2 saturated carbocycles. The van der Waals surface area contributed by atoms with Crippen LogP contribution in [0, 0.1) is 17.3 Å². The van der Waals surface area contributed by atoms with Crippen LogP contribution in [-0.2, 0) is 4.79 Å². The molecule has 0 heterocycles. The van der Waals surface area contributed by atoms with E-state index < -0.39 is 5.97 Å². The van der Waals surface area contributed by atoms with Crippen LogP contribution in [-0.4, -0.2) is 17.6 Å². The van der Waals surface area contributed by atoms with Crippen LogP contribution in [0.2, 0.25) is 0 Å². The van der Waals surface area contributed by atoms with Crippen molar-refractivity contribution in [2.24, 2.45) is 23.0 Å². The number of carbonyl (C=O) groups is 1. The molecule has 86 valence electrons. The Hall–Kier alpha value is -0.570. The number of carboxylic acids is 1. The van der Waals surface area contributed by atoms with Crippen molar-refractivity contribution < 1.29 is 9.90 Å². The van der Waals surface area contributed by atoms with Gasteiger partial charge in [0.15, 0.2) is 0 Å². The molecule has 0 aromatic rings. The van der Waals surface area contributed by atoms with E-state index in [1.807, 2.05) is 0 Å². The molecule has 3 heteroatoms. The van der Waals surface area contributed by atoms with Gasteiger partial charge in [-0.1, -0.05) is 25.7 Å². The van der Waals surface area contributed by atoms with E-state index in [4.69, 9.17) is 10.8 Å². The molecule has 0 saturated heterocycles. The Morgan fingerprint density at radius 1 is 1.33 bits per heavy atom. The van der Waals surface area contributed by atoms with E-state index in [2.05, 4.69) is 0 Å². The summed E-state index contributed by atoms with van der Waals surface area (Å²) in [7, 11) is 0. The van der Waals surface area contributed by atoms with Crippen molar-refractivity contribution >= 4 is 5.97 Å². The molecule has 3 nitrogen and oxygen atoms in total. The van der Waals surface area contributed by atoms with E-state index in [1.165, 1.54) is 32.1 Å². The number of hydrogen-bond acceptors (Lipinski definition) is 2. The summed E-state index contributed by atoms with van der Waals surface area (Å²) >= 11 is 0. The third kappa shape index (κ3) is 1.89. The second kappa shape index (κ2) is 4.12. The molecule has 3 N–H and O–H groups in total. The van der Waals surface area contributed by atoms with Crippen molar-refractivity contribution in [2.75, 3.05) is 6.54 Å². The fourth-order valence-electron chi connectivity index (χ4n) is 3.76. The highest BCUT2D eigenvalue weighted by molar-refractivity contribution is 5.68. The molecule has 0 spiro atoms. The van der Waals surface area contributed by atoms with Crippen LogP contribution in [0.4, 0.5) is 0 Å². The van der Waals surface area contributed by atoms with Crippen LogP contribution in [0.3, 0.4) is 0 Å². The van der Waals surface area contributed by atoms with Crippen LogP contribution in [0.5, 0.6) is 0 Å². The van der Waals surface area contributed by atoms with E-state index in [9.17, 15) is 4.79 Å². The lowest BCUT2D eigenvalue weighted by Gasteiger charge is -2.54. The molecule has 2 fully saturated rings. The highest BCUT2D eigenvalue weighted by Gasteiger charge is 2.53. The zero-order chi connectivity index (χ0) is 10.9. The van der Waals surface area contributed by atoms with Crippen LogP contribution < -0.4 is 5.73 Å². The lowest BCUT2D eigenvalue weighted by atomic mass is 9.51. The quantitative estimate of drug-likeness (QED) is 0.750. The van der Waals surface area contributed by atoms with Gasteiger partial charge in [-0.05, 0) is 36.6 Å². The van der Waals surface area contributed by atoms with Gasteiger partial charge in [0.1, 0.15) is 0 Å². The first-order chi connectivity index (χ1) is 7.18. The summed E-state index contributed by atoms with van der Waals surface area (Å²) < 4.78 is 0. The third-order valence-electron chi connectivity index (χ3n) is 4.52. The van der Waals surface area contributed by atoms with Crippen molar-refractivity contribution in [3.05, 3.63) is 0 Å². The fourth-order valence-corrected chi connectivity index (χ4v) is 3.76. The SMILES string of the molecule is NC[C@@]1(CC(=O)O)C[C@@H]2CCCCCC21. The van der Waals surface area contributed by atoms with Crippen LogP contribution in [0.25, 0.3) is 0 Å². The lowest BCUT2D eigenvalue weighted by molar-refractivity contribution is -0.146. The van der Waals surface area contributed by atoms with Gasteiger partial charge >= 0.3 is 5.97 Å². The van der Waals surface area contributed by atoms with Crippen molar-refractivity contribution in [3.8, 4) is 0 Å². The molecular formula is C12H21NO2. The predicted molar refractivity (Wildman–Crippen MR) is 58.4 cm³/mol. The first-order valence-corrected chi connectivity index (χ1v) is 6.10. The summed E-state index contributed by atoms with van der Waals surface area (Å²) in [4.78, 5) is 10.9. The van der Waals surface area contributed by atoms with Crippen LogP contribution >= 0.6 is 0 Å². The van der Waals surface area contributed by atoms with Gasteiger partial charge in [-0.2, -0.15) is 0 Å². The third-order valence-corrected chi connectivity index (χ3v) is 4.52. The van der Waals surface area contributed by atoms with Gasteiger partial charge in [-0.25, -0.2) is 0 Å². The Morgan fingerprint density at radius 2 is 2.07 bits per heavy atom. The van der Waals surface area contributed by atoms with Crippen LogP contribution in [0.1, 0.15) is 44.9 Å². The summed E-state index contributed by atoms with van der Waals surface area (Å²) in [6.07, 6.45) is 7.75. The highest BCUT2D eigenvalue weighted by atomic mass is 16.4. The zero-order valence-corrected chi connectivity index (χ0v) is 9.24. The molecule has 3 atom stereocenters. The summed E-state index contributed by atoms with van der Waals surface area (Å²) in [6.45, 7) is 0.556. The Bertz CT molecular complexity index is 254. The van der Waals surface area contributed by atoms with Crippen molar-refractivity contribution in [1.29, 1.82) is 0 Å². The number of aliphatic carboxylic acids is 1. The monoisotopic (exact) mass is 211 g/mol. The maximum atomic E-state index is 10.9. The molecule has 2 aliphatic carbocycles. The van der Waals surface area contributed by atoms with E-state index in [0.29, 0.717) is 12.5 Å². The summed E-state index contributed by atoms with van der Waals surface area (Å²) in [6, 6.07) is 0. The van der Waals surface area contributed by atoms with E-state index in [1.54, 1.807) is 0 Å². The molecule has 0 radical (unpaired) electrons.